The molecule has 0 aromatic heterocycles. The second kappa shape index (κ2) is 8.93. The van der Waals surface area contributed by atoms with Gasteiger partial charge in [-0.3, -0.25) is 0 Å². The molecule has 2 nitrogen and oxygen atoms in total. The predicted octanol–water partition coefficient (Wildman–Crippen LogP) is 3.28. The zero-order valence-electron chi connectivity index (χ0n) is 12.2. The molecular formula is C15H32N2. The largest absolute Gasteiger partial charge is 0.313 e. The van der Waals surface area contributed by atoms with Crippen LogP contribution < -0.4 is 5.32 Å². The molecular weight excluding hydrogens is 208 g/mol. The number of rotatable bonds is 9. The monoisotopic (exact) mass is 240 g/mol. The van der Waals surface area contributed by atoms with Crippen LogP contribution in [0.25, 0.3) is 0 Å². The first kappa shape index (κ1) is 15.0. The van der Waals surface area contributed by atoms with E-state index in [1.54, 1.807) is 0 Å². The minimum Gasteiger partial charge on any atom is -0.313 e. The molecule has 0 bridgehead atoms. The Morgan fingerprint density at radius 2 is 2.12 bits per heavy atom. The first-order valence-corrected chi connectivity index (χ1v) is 7.72. The molecule has 102 valence electrons. The van der Waals surface area contributed by atoms with E-state index in [-0.39, 0.29) is 0 Å². The van der Waals surface area contributed by atoms with Crippen LogP contribution in [0.4, 0.5) is 0 Å². The van der Waals surface area contributed by atoms with Gasteiger partial charge in [0.25, 0.3) is 0 Å². The second-order valence-corrected chi connectivity index (χ2v) is 5.80. The van der Waals surface area contributed by atoms with Crippen molar-refractivity contribution in [1.29, 1.82) is 0 Å². The summed E-state index contributed by atoms with van der Waals surface area (Å²) < 4.78 is 0. The predicted molar refractivity (Wildman–Crippen MR) is 76.4 cm³/mol. The summed E-state index contributed by atoms with van der Waals surface area (Å²) in [6.07, 6.45) is 8.12. The lowest BCUT2D eigenvalue weighted by Crippen LogP contribution is -2.40. The van der Waals surface area contributed by atoms with E-state index in [9.17, 15) is 0 Å². The van der Waals surface area contributed by atoms with Crippen LogP contribution in [0.15, 0.2) is 0 Å². The number of hydrogen-bond acceptors (Lipinski definition) is 2. The van der Waals surface area contributed by atoms with Gasteiger partial charge in [0.1, 0.15) is 0 Å². The fourth-order valence-corrected chi connectivity index (χ4v) is 2.89. The van der Waals surface area contributed by atoms with E-state index in [1.165, 1.54) is 64.7 Å². The Labute approximate surface area is 108 Å². The van der Waals surface area contributed by atoms with Crippen LogP contribution in [0.1, 0.15) is 59.3 Å². The zero-order chi connectivity index (χ0) is 12.5. The Bertz CT molecular complexity index is 176. The minimum atomic E-state index is 0.765. The van der Waals surface area contributed by atoms with E-state index in [0.29, 0.717) is 0 Å². The van der Waals surface area contributed by atoms with Crippen molar-refractivity contribution in [3.63, 3.8) is 0 Å². The molecule has 17 heavy (non-hydrogen) atoms. The van der Waals surface area contributed by atoms with Crippen LogP contribution in [0.3, 0.4) is 0 Å². The van der Waals surface area contributed by atoms with E-state index in [1.807, 2.05) is 0 Å². The van der Waals surface area contributed by atoms with E-state index >= 15 is 0 Å². The molecule has 1 aliphatic heterocycles. The molecule has 0 amide bonds. The van der Waals surface area contributed by atoms with Gasteiger partial charge >= 0.3 is 0 Å². The van der Waals surface area contributed by atoms with Crippen molar-refractivity contribution in [2.45, 2.75) is 65.3 Å². The highest BCUT2D eigenvalue weighted by molar-refractivity contribution is 4.78. The quantitative estimate of drug-likeness (QED) is 0.665. The van der Waals surface area contributed by atoms with Crippen LogP contribution in [0.5, 0.6) is 0 Å². The van der Waals surface area contributed by atoms with Crippen molar-refractivity contribution in [3.05, 3.63) is 0 Å². The highest BCUT2D eigenvalue weighted by Gasteiger charge is 2.18. The molecule has 1 saturated heterocycles. The van der Waals surface area contributed by atoms with Crippen molar-refractivity contribution < 1.29 is 0 Å². The van der Waals surface area contributed by atoms with E-state index in [2.05, 4.69) is 31.0 Å². The van der Waals surface area contributed by atoms with Crippen molar-refractivity contribution in [3.8, 4) is 0 Å². The summed E-state index contributed by atoms with van der Waals surface area (Å²) >= 11 is 0. The molecule has 0 radical (unpaired) electrons. The molecule has 2 atom stereocenters. The Hall–Kier alpha value is -0.0800. The maximum Gasteiger partial charge on any atom is 0.0195 e. The fourth-order valence-electron chi connectivity index (χ4n) is 2.89. The van der Waals surface area contributed by atoms with E-state index < -0.39 is 0 Å². The van der Waals surface area contributed by atoms with Gasteiger partial charge in [-0.05, 0) is 44.7 Å². The van der Waals surface area contributed by atoms with Crippen molar-refractivity contribution >= 4 is 0 Å². The summed E-state index contributed by atoms with van der Waals surface area (Å²) in [5.41, 5.74) is 0. The smallest absolute Gasteiger partial charge is 0.0195 e. The van der Waals surface area contributed by atoms with Gasteiger partial charge in [0.05, 0.1) is 0 Å². The Balaban J connectivity index is 2.30. The van der Waals surface area contributed by atoms with Crippen LogP contribution in [0, 0.1) is 5.92 Å². The molecule has 0 spiro atoms. The molecule has 2 unspecified atom stereocenters. The van der Waals surface area contributed by atoms with Crippen molar-refractivity contribution in [2.75, 3.05) is 26.2 Å². The SMILES string of the molecule is CCCCN(CC(C)CCC)CC1CCCN1. The van der Waals surface area contributed by atoms with Gasteiger partial charge in [-0.15, -0.1) is 0 Å². The van der Waals surface area contributed by atoms with Gasteiger partial charge in [0.15, 0.2) is 0 Å². The fraction of sp³-hybridized carbons (Fsp3) is 1.00. The third-order valence-corrected chi connectivity index (χ3v) is 3.82. The van der Waals surface area contributed by atoms with Gasteiger partial charge in [-0.1, -0.05) is 33.6 Å². The summed E-state index contributed by atoms with van der Waals surface area (Å²) in [6.45, 7) is 12.1. The molecule has 1 heterocycles. The zero-order valence-corrected chi connectivity index (χ0v) is 12.2. The summed E-state index contributed by atoms with van der Waals surface area (Å²) in [7, 11) is 0. The van der Waals surface area contributed by atoms with E-state index in [4.69, 9.17) is 0 Å². The molecule has 1 fully saturated rings. The maximum atomic E-state index is 3.63. The average Bonchev–Trinajstić information content (AvgIpc) is 2.79. The number of nitrogens with one attached hydrogen (secondary N) is 1. The lowest BCUT2D eigenvalue weighted by molar-refractivity contribution is 0.210. The topological polar surface area (TPSA) is 15.3 Å². The number of unbranched alkanes of at least 4 members (excludes halogenated alkanes) is 1. The van der Waals surface area contributed by atoms with Crippen LogP contribution in [0.2, 0.25) is 0 Å². The summed E-state index contributed by atoms with van der Waals surface area (Å²) in [5.74, 6) is 0.859. The molecule has 1 aliphatic rings. The Morgan fingerprint density at radius 1 is 1.29 bits per heavy atom. The average molecular weight is 240 g/mol. The molecule has 1 rings (SSSR count). The first-order valence-electron chi connectivity index (χ1n) is 7.72. The minimum absolute atomic E-state index is 0.765. The molecule has 0 saturated carbocycles. The van der Waals surface area contributed by atoms with Gasteiger partial charge in [-0.2, -0.15) is 0 Å². The molecule has 0 aliphatic carbocycles. The molecule has 0 aromatic rings. The molecule has 1 N–H and O–H groups in total. The number of hydrogen-bond donors (Lipinski definition) is 1. The Kier molecular flexibility index (Phi) is 7.87. The second-order valence-electron chi connectivity index (χ2n) is 5.80. The van der Waals surface area contributed by atoms with Gasteiger partial charge in [-0.25, -0.2) is 0 Å². The van der Waals surface area contributed by atoms with Crippen LogP contribution in [-0.4, -0.2) is 37.1 Å². The first-order chi connectivity index (χ1) is 8.26. The van der Waals surface area contributed by atoms with Gasteiger partial charge in [0, 0.05) is 19.1 Å². The summed E-state index contributed by atoms with van der Waals surface area (Å²) in [5, 5.41) is 3.63. The normalized spacial score (nSPS) is 22.2. The third kappa shape index (κ3) is 6.42. The molecule has 0 aromatic carbocycles. The highest BCUT2D eigenvalue weighted by Crippen LogP contribution is 2.12. The Morgan fingerprint density at radius 3 is 2.71 bits per heavy atom. The number of nitrogens with zero attached hydrogens (tertiary/aromatic N) is 1. The maximum absolute atomic E-state index is 3.63. The third-order valence-electron chi connectivity index (χ3n) is 3.82. The van der Waals surface area contributed by atoms with Crippen LogP contribution >= 0.6 is 0 Å². The van der Waals surface area contributed by atoms with Gasteiger partial charge in [0.2, 0.25) is 0 Å². The van der Waals surface area contributed by atoms with Gasteiger partial charge < -0.3 is 10.2 Å². The lowest BCUT2D eigenvalue weighted by atomic mass is 10.0. The van der Waals surface area contributed by atoms with Crippen molar-refractivity contribution in [2.24, 2.45) is 5.92 Å². The highest BCUT2D eigenvalue weighted by atomic mass is 15.2. The summed E-state index contributed by atoms with van der Waals surface area (Å²) in [4.78, 5) is 2.70. The van der Waals surface area contributed by atoms with E-state index in [0.717, 1.165) is 12.0 Å². The lowest BCUT2D eigenvalue weighted by Gasteiger charge is -2.28. The summed E-state index contributed by atoms with van der Waals surface area (Å²) in [6, 6.07) is 0.765. The standard InChI is InChI=1S/C15H32N2/c1-4-6-11-17(12-14(3)8-5-2)13-15-9-7-10-16-15/h14-16H,4-13H2,1-3H3. The molecule has 2 heteroatoms. The van der Waals surface area contributed by atoms with Crippen molar-refractivity contribution in [1.82, 2.24) is 10.2 Å². The van der Waals surface area contributed by atoms with Crippen LogP contribution in [-0.2, 0) is 0 Å².